The predicted octanol–water partition coefficient (Wildman–Crippen LogP) is 1.05. The zero-order valence-electron chi connectivity index (χ0n) is 22.7. The van der Waals surface area contributed by atoms with Gasteiger partial charge in [0.1, 0.15) is 11.6 Å². The zero-order valence-corrected chi connectivity index (χ0v) is 24.3. The Morgan fingerprint density at radius 3 is 2.66 bits per heavy atom. The lowest BCUT2D eigenvalue weighted by atomic mass is 9.70. The topological polar surface area (TPSA) is 109 Å². The lowest BCUT2D eigenvalue weighted by Gasteiger charge is -2.40. The number of carbonyl (C=O) groups is 3. The van der Waals surface area contributed by atoms with E-state index in [1.165, 1.54) is 0 Å². The first-order chi connectivity index (χ1) is 18.2. The van der Waals surface area contributed by atoms with Gasteiger partial charge in [-0.15, -0.1) is 6.58 Å². The third-order valence-electron chi connectivity index (χ3n) is 8.32. The van der Waals surface area contributed by atoms with Gasteiger partial charge >= 0.3 is 5.97 Å². The second-order valence-corrected chi connectivity index (χ2v) is 12.3. The maximum atomic E-state index is 14.5. The largest absolute Gasteiger partial charge is 0.466 e. The van der Waals surface area contributed by atoms with Crippen molar-refractivity contribution in [3.63, 3.8) is 0 Å². The molecule has 11 heteroatoms. The summed E-state index contributed by atoms with van der Waals surface area (Å²) < 4.78 is 17.4. The highest BCUT2D eigenvalue weighted by Gasteiger charge is 2.77. The van der Waals surface area contributed by atoms with Crippen LogP contribution in [0.1, 0.15) is 33.6 Å². The maximum Gasteiger partial charge on any atom is 0.312 e. The molecule has 7 atom stereocenters. The van der Waals surface area contributed by atoms with Crippen molar-refractivity contribution in [3.05, 3.63) is 12.7 Å². The smallest absolute Gasteiger partial charge is 0.312 e. The number of hydrogen-bond donors (Lipinski definition) is 1. The Balaban J connectivity index is 1.71. The van der Waals surface area contributed by atoms with E-state index in [0.29, 0.717) is 45.7 Å². The van der Waals surface area contributed by atoms with E-state index < -0.39 is 41.6 Å². The molecule has 38 heavy (non-hydrogen) atoms. The number of alkyl halides is 1. The number of fused-ring (bicyclic) bond motifs is 1. The molecule has 10 nitrogen and oxygen atoms in total. The fraction of sp³-hybridized carbons (Fsp3) is 0.815. The van der Waals surface area contributed by atoms with E-state index in [-0.39, 0.29) is 35.8 Å². The predicted molar refractivity (Wildman–Crippen MR) is 144 cm³/mol. The van der Waals surface area contributed by atoms with Crippen LogP contribution in [-0.2, 0) is 28.6 Å². The molecule has 4 fully saturated rings. The third kappa shape index (κ3) is 5.29. The van der Waals surface area contributed by atoms with E-state index in [9.17, 15) is 19.5 Å². The summed E-state index contributed by atoms with van der Waals surface area (Å²) in [5.41, 5.74) is -1.17. The fourth-order valence-electron chi connectivity index (χ4n) is 6.78. The quantitative estimate of drug-likeness (QED) is 0.201. The van der Waals surface area contributed by atoms with E-state index >= 15 is 0 Å². The lowest BCUT2D eigenvalue weighted by Crippen LogP contribution is -2.59. The average molecular weight is 601 g/mol. The molecule has 214 valence electrons. The highest BCUT2D eigenvalue weighted by atomic mass is 79.9. The highest BCUT2D eigenvalue weighted by Crippen LogP contribution is 2.60. The first-order valence-corrected chi connectivity index (χ1v) is 14.7. The van der Waals surface area contributed by atoms with Crippen LogP contribution in [-0.4, -0.2) is 125 Å². The summed E-state index contributed by atoms with van der Waals surface area (Å²) in [7, 11) is 0. The Labute approximate surface area is 233 Å². The third-order valence-corrected chi connectivity index (χ3v) is 9.16. The number of rotatable bonds is 12. The van der Waals surface area contributed by atoms with Crippen LogP contribution in [0.4, 0.5) is 0 Å². The van der Waals surface area contributed by atoms with Gasteiger partial charge in [0.15, 0.2) is 0 Å². The van der Waals surface area contributed by atoms with Crippen molar-refractivity contribution < 1.29 is 33.7 Å². The molecule has 4 aliphatic heterocycles. The van der Waals surface area contributed by atoms with Gasteiger partial charge in [0.25, 0.3) is 0 Å². The first-order valence-electron chi connectivity index (χ1n) is 13.8. The number of esters is 1. The maximum absolute atomic E-state index is 14.5. The molecule has 4 saturated heterocycles. The van der Waals surface area contributed by atoms with Gasteiger partial charge in [-0.25, -0.2) is 0 Å². The van der Waals surface area contributed by atoms with Crippen LogP contribution in [0.5, 0.6) is 0 Å². The number of likely N-dealkylation sites (tertiary alicyclic amines) is 1. The van der Waals surface area contributed by atoms with Crippen LogP contribution in [0, 0.1) is 17.8 Å². The minimum absolute atomic E-state index is 0.182. The van der Waals surface area contributed by atoms with Crippen molar-refractivity contribution >= 4 is 33.7 Å². The summed E-state index contributed by atoms with van der Waals surface area (Å²) in [6, 6.07) is -1.52. The Bertz CT molecular complexity index is 898. The molecule has 2 amide bonds. The summed E-state index contributed by atoms with van der Waals surface area (Å²) in [4.78, 5) is 47.1. The normalized spacial score (nSPS) is 33.5. The zero-order chi connectivity index (χ0) is 27.6. The number of morpholine rings is 1. The summed E-state index contributed by atoms with van der Waals surface area (Å²) >= 11 is 3.68. The van der Waals surface area contributed by atoms with E-state index in [1.807, 2.05) is 13.8 Å². The number of nitrogens with zero attached hydrogens (tertiary/aromatic N) is 3. The van der Waals surface area contributed by atoms with Crippen molar-refractivity contribution in [1.82, 2.24) is 14.7 Å². The van der Waals surface area contributed by atoms with Crippen LogP contribution in [0.3, 0.4) is 0 Å². The van der Waals surface area contributed by atoms with Crippen LogP contribution in [0.2, 0.25) is 0 Å². The summed E-state index contributed by atoms with van der Waals surface area (Å²) in [6.45, 7) is 13.9. The molecule has 0 aromatic rings. The molecule has 0 radical (unpaired) electrons. The standard InChI is InChI=1S/C27H42BrN3O7/c1-5-7-30(9-8-29-10-12-36-13-11-29)25(34)23-27-15-19(28)22(38-27)20(26(35)37-6-2)21(27)24(33)31(23)18(16-32)14-17(3)4/h5,17-23,32H,1,6-16H2,2-4H3/t18-,19?,20+,21+,22+,23?,27?/m1/s1. The molecule has 1 spiro atoms. The van der Waals surface area contributed by atoms with Gasteiger partial charge in [0, 0.05) is 37.6 Å². The van der Waals surface area contributed by atoms with Crippen molar-refractivity contribution in [2.75, 3.05) is 59.2 Å². The molecule has 4 rings (SSSR count). The molecule has 0 aliphatic carbocycles. The van der Waals surface area contributed by atoms with Gasteiger partial charge in [0.05, 0.1) is 50.4 Å². The first kappa shape index (κ1) is 29.5. The van der Waals surface area contributed by atoms with Crippen molar-refractivity contribution in [3.8, 4) is 0 Å². The highest BCUT2D eigenvalue weighted by molar-refractivity contribution is 9.09. The Kier molecular flexibility index (Phi) is 9.55. The van der Waals surface area contributed by atoms with Gasteiger partial charge in [-0.05, 0) is 25.7 Å². The van der Waals surface area contributed by atoms with Crippen LogP contribution >= 0.6 is 15.9 Å². The molecule has 4 aliphatic rings. The molecular weight excluding hydrogens is 558 g/mol. The summed E-state index contributed by atoms with van der Waals surface area (Å²) in [6.07, 6.45) is 2.07. The minimum atomic E-state index is -1.17. The number of hydrogen-bond acceptors (Lipinski definition) is 8. The number of carbonyl (C=O) groups excluding carboxylic acids is 3. The molecule has 2 bridgehead atoms. The monoisotopic (exact) mass is 599 g/mol. The molecule has 1 N–H and O–H groups in total. The van der Waals surface area contributed by atoms with Crippen molar-refractivity contribution in [2.45, 2.75) is 62.2 Å². The number of aliphatic hydroxyl groups is 1. The van der Waals surface area contributed by atoms with Gasteiger partial charge in [-0.1, -0.05) is 35.9 Å². The van der Waals surface area contributed by atoms with Gasteiger partial charge in [0.2, 0.25) is 11.8 Å². The Morgan fingerprint density at radius 1 is 1.34 bits per heavy atom. The van der Waals surface area contributed by atoms with Crippen molar-refractivity contribution in [2.24, 2.45) is 17.8 Å². The number of aliphatic hydroxyl groups excluding tert-OH is 1. The molecular formula is C27H42BrN3O7. The minimum Gasteiger partial charge on any atom is -0.466 e. The van der Waals surface area contributed by atoms with Gasteiger partial charge < -0.3 is 29.1 Å². The molecule has 0 saturated carbocycles. The van der Waals surface area contributed by atoms with Gasteiger partial charge in [-0.3, -0.25) is 19.3 Å². The summed E-state index contributed by atoms with van der Waals surface area (Å²) in [5.74, 6) is -2.48. The lowest BCUT2D eigenvalue weighted by molar-refractivity contribution is -0.156. The summed E-state index contributed by atoms with van der Waals surface area (Å²) in [5, 5.41) is 10.4. The van der Waals surface area contributed by atoms with E-state index in [1.54, 1.807) is 22.8 Å². The van der Waals surface area contributed by atoms with Crippen LogP contribution in [0.25, 0.3) is 0 Å². The second-order valence-electron chi connectivity index (χ2n) is 11.2. The number of ether oxygens (including phenoxy) is 3. The molecule has 3 unspecified atom stereocenters. The van der Waals surface area contributed by atoms with Gasteiger partial charge in [-0.2, -0.15) is 0 Å². The Morgan fingerprint density at radius 2 is 2.05 bits per heavy atom. The fourth-order valence-corrected chi connectivity index (χ4v) is 7.72. The van der Waals surface area contributed by atoms with E-state index in [4.69, 9.17) is 14.2 Å². The van der Waals surface area contributed by atoms with E-state index in [2.05, 4.69) is 27.4 Å². The van der Waals surface area contributed by atoms with Crippen LogP contribution in [0.15, 0.2) is 12.7 Å². The SMILES string of the molecule is C=CCN(CCN1CCOCC1)C(=O)C1N([C@@H](CO)CC(C)C)C(=O)[C@@H]2[C@H](C(=O)OCC)[C@H]3OC12CC3Br. The van der Waals surface area contributed by atoms with Crippen molar-refractivity contribution in [1.29, 1.82) is 0 Å². The molecule has 0 aromatic carbocycles. The molecule has 4 heterocycles. The average Bonchev–Trinajstić information content (AvgIpc) is 3.48. The Hall–Kier alpha value is -1.53. The number of amides is 2. The number of halogens is 1. The van der Waals surface area contributed by atoms with Crippen LogP contribution < -0.4 is 0 Å². The van der Waals surface area contributed by atoms with E-state index in [0.717, 1.165) is 13.1 Å². The molecule has 0 aromatic heterocycles. The second kappa shape index (κ2) is 12.3.